The predicted octanol–water partition coefficient (Wildman–Crippen LogP) is 1.97. The Hall–Kier alpha value is -2.52. The largest absolute Gasteiger partial charge is 0.494 e. The van der Waals surface area contributed by atoms with Crippen LogP contribution in [0.3, 0.4) is 0 Å². The molecule has 0 bridgehead atoms. The maximum atomic E-state index is 12.0. The summed E-state index contributed by atoms with van der Waals surface area (Å²) >= 11 is 0. The molecule has 0 atom stereocenters. The molecule has 6 heteroatoms. The molecular weight excluding hydrogens is 292 g/mol. The van der Waals surface area contributed by atoms with E-state index in [1.165, 1.54) is 6.20 Å². The summed E-state index contributed by atoms with van der Waals surface area (Å²) < 4.78 is 5.34. The number of nitriles is 1. The number of anilines is 1. The van der Waals surface area contributed by atoms with E-state index in [2.05, 4.69) is 15.5 Å². The Morgan fingerprint density at radius 2 is 2.04 bits per heavy atom. The van der Waals surface area contributed by atoms with Crippen LogP contribution in [0, 0.1) is 11.3 Å². The second kappa shape index (κ2) is 10.2. The van der Waals surface area contributed by atoms with Gasteiger partial charge in [-0.1, -0.05) is 0 Å². The maximum absolute atomic E-state index is 12.0. The minimum atomic E-state index is -0.434. The van der Waals surface area contributed by atoms with Crippen molar-refractivity contribution >= 4 is 11.6 Å². The van der Waals surface area contributed by atoms with Gasteiger partial charge in [-0.05, 0) is 58.3 Å². The van der Waals surface area contributed by atoms with Crippen molar-refractivity contribution in [2.45, 2.75) is 13.3 Å². The Kier molecular flexibility index (Phi) is 8.25. The van der Waals surface area contributed by atoms with E-state index in [-0.39, 0.29) is 5.57 Å². The molecule has 1 aromatic rings. The van der Waals surface area contributed by atoms with Crippen LogP contribution in [0.25, 0.3) is 0 Å². The summed E-state index contributed by atoms with van der Waals surface area (Å²) in [6, 6.07) is 8.93. The lowest BCUT2D eigenvalue weighted by atomic mass is 10.2. The summed E-state index contributed by atoms with van der Waals surface area (Å²) in [5.74, 6) is 0.306. The summed E-state index contributed by atoms with van der Waals surface area (Å²) in [5.41, 5.74) is 0.663. The summed E-state index contributed by atoms with van der Waals surface area (Å²) in [5, 5.41) is 14.8. The molecular formula is C17H24N4O2. The topological polar surface area (TPSA) is 77.4 Å². The summed E-state index contributed by atoms with van der Waals surface area (Å²) in [6.45, 7) is 4.15. The zero-order chi connectivity index (χ0) is 17.1. The summed E-state index contributed by atoms with van der Waals surface area (Å²) in [4.78, 5) is 14.1. The minimum Gasteiger partial charge on any atom is -0.494 e. The Morgan fingerprint density at radius 3 is 2.61 bits per heavy atom. The third-order valence-electron chi connectivity index (χ3n) is 2.96. The molecule has 0 fully saturated rings. The Morgan fingerprint density at radius 1 is 1.35 bits per heavy atom. The molecule has 0 heterocycles. The quantitative estimate of drug-likeness (QED) is 0.414. The number of ether oxygens (including phenoxy) is 1. The molecule has 1 amide bonds. The van der Waals surface area contributed by atoms with Crippen molar-refractivity contribution < 1.29 is 9.53 Å². The van der Waals surface area contributed by atoms with Crippen LogP contribution in [0.5, 0.6) is 5.75 Å². The van der Waals surface area contributed by atoms with E-state index in [4.69, 9.17) is 10.00 Å². The standard InChI is InChI=1S/C17H24N4O2/c1-4-23-16-8-6-15(7-9-16)20-17(22)14(12-18)13-19-10-5-11-21(2)3/h6-9,13,19H,4-5,10-11H2,1-3H3,(H,20,22)/b14-13-. The van der Waals surface area contributed by atoms with Gasteiger partial charge in [0.2, 0.25) is 0 Å². The first-order valence-electron chi connectivity index (χ1n) is 7.59. The molecule has 0 unspecified atom stereocenters. The van der Waals surface area contributed by atoms with Crippen LogP contribution in [0.15, 0.2) is 36.0 Å². The monoisotopic (exact) mass is 316 g/mol. The number of hydrogen-bond acceptors (Lipinski definition) is 5. The van der Waals surface area contributed by atoms with Gasteiger partial charge in [0.05, 0.1) is 6.61 Å². The van der Waals surface area contributed by atoms with Crippen LogP contribution < -0.4 is 15.4 Å². The molecule has 1 aromatic carbocycles. The van der Waals surface area contributed by atoms with Crippen LogP contribution in [0.2, 0.25) is 0 Å². The van der Waals surface area contributed by atoms with Gasteiger partial charge in [-0.3, -0.25) is 4.79 Å². The average Bonchev–Trinajstić information content (AvgIpc) is 2.52. The fourth-order valence-corrected chi connectivity index (χ4v) is 1.82. The van der Waals surface area contributed by atoms with E-state index < -0.39 is 5.91 Å². The van der Waals surface area contributed by atoms with Crippen molar-refractivity contribution in [2.75, 3.05) is 39.1 Å². The zero-order valence-corrected chi connectivity index (χ0v) is 13.9. The first-order chi connectivity index (χ1) is 11.1. The highest BCUT2D eigenvalue weighted by molar-refractivity contribution is 6.06. The number of nitrogens with one attached hydrogen (secondary N) is 2. The highest BCUT2D eigenvalue weighted by Crippen LogP contribution is 2.16. The van der Waals surface area contributed by atoms with Crippen molar-refractivity contribution in [2.24, 2.45) is 0 Å². The van der Waals surface area contributed by atoms with Crippen LogP contribution in [-0.4, -0.2) is 44.6 Å². The lowest BCUT2D eigenvalue weighted by Gasteiger charge is -2.09. The van der Waals surface area contributed by atoms with Crippen LogP contribution in [0.1, 0.15) is 13.3 Å². The van der Waals surface area contributed by atoms with Gasteiger partial charge in [0.25, 0.3) is 5.91 Å². The molecule has 124 valence electrons. The van der Waals surface area contributed by atoms with Crippen LogP contribution >= 0.6 is 0 Å². The van der Waals surface area contributed by atoms with Gasteiger partial charge < -0.3 is 20.3 Å². The van der Waals surface area contributed by atoms with Crippen molar-refractivity contribution in [3.63, 3.8) is 0 Å². The van der Waals surface area contributed by atoms with Gasteiger partial charge in [-0.15, -0.1) is 0 Å². The van der Waals surface area contributed by atoms with Crippen molar-refractivity contribution in [3.8, 4) is 11.8 Å². The number of benzene rings is 1. The molecule has 0 radical (unpaired) electrons. The zero-order valence-electron chi connectivity index (χ0n) is 13.9. The average molecular weight is 316 g/mol. The number of rotatable bonds is 9. The highest BCUT2D eigenvalue weighted by Gasteiger charge is 2.09. The van der Waals surface area contributed by atoms with E-state index in [0.29, 0.717) is 18.8 Å². The molecule has 1 rings (SSSR count). The van der Waals surface area contributed by atoms with E-state index in [9.17, 15) is 4.79 Å². The van der Waals surface area contributed by atoms with Gasteiger partial charge in [-0.25, -0.2) is 0 Å². The lowest BCUT2D eigenvalue weighted by molar-refractivity contribution is -0.112. The second-order valence-corrected chi connectivity index (χ2v) is 5.19. The number of amides is 1. The van der Waals surface area contributed by atoms with Crippen LogP contribution in [-0.2, 0) is 4.79 Å². The summed E-state index contributed by atoms with van der Waals surface area (Å²) in [7, 11) is 4.00. The molecule has 0 aliphatic rings. The Bertz CT molecular complexity index is 559. The van der Waals surface area contributed by atoms with E-state index in [1.807, 2.05) is 27.1 Å². The molecule has 0 spiro atoms. The van der Waals surface area contributed by atoms with Crippen molar-refractivity contribution in [1.82, 2.24) is 10.2 Å². The molecule has 23 heavy (non-hydrogen) atoms. The fraction of sp³-hybridized carbons (Fsp3) is 0.412. The van der Waals surface area contributed by atoms with Gasteiger partial charge in [0, 0.05) is 18.4 Å². The summed E-state index contributed by atoms with van der Waals surface area (Å²) in [6.07, 6.45) is 2.39. The van der Waals surface area contributed by atoms with Gasteiger partial charge in [-0.2, -0.15) is 5.26 Å². The predicted molar refractivity (Wildman–Crippen MR) is 91.1 cm³/mol. The SMILES string of the molecule is CCOc1ccc(NC(=O)/C(C#N)=C\NCCCN(C)C)cc1. The van der Waals surface area contributed by atoms with E-state index >= 15 is 0 Å². The van der Waals surface area contributed by atoms with Crippen LogP contribution in [0.4, 0.5) is 5.69 Å². The van der Waals surface area contributed by atoms with Gasteiger partial charge in [0.1, 0.15) is 17.4 Å². The van der Waals surface area contributed by atoms with Crippen molar-refractivity contribution in [1.29, 1.82) is 5.26 Å². The molecule has 0 aliphatic heterocycles. The lowest BCUT2D eigenvalue weighted by Crippen LogP contribution is -2.20. The molecule has 0 aliphatic carbocycles. The number of nitrogens with zero attached hydrogens (tertiary/aromatic N) is 2. The third-order valence-corrected chi connectivity index (χ3v) is 2.96. The fourth-order valence-electron chi connectivity index (χ4n) is 1.82. The molecule has 0 saturated heterocycles. The minimum absolute atomic E-state index is 0.0451. The molecule has 0 aromatic heterocycles. The van der Waals surface area contributed by atoms with Gasteiger partial charge in [0.15, 0.2) is 0 Å². The Labute approximate surface area is 137 Å². The first kappa shape index (κ1) is 18.5. The number of carbonyl (C=O) groups excluding carboxylic acids is 1. The van der Waals surface area contributed by atoms with Crippen molar-refractivity contribution in [3.05, 3.63) is 36.0 Å². The highest BCUT2D eigenvalue weighted by atomic mass is 16.5. The number of carbonyl (C=O) groups is 1. The van der Waals surface area contributed by atoms with E-state index in [1.54, 1.807) is 24.3 Å². The maximum Gasteiger partial charge on any atom is 0.267 e. The third kappa shape index (κ3) is 7.34. The molecule has 2 N–H and O–H groups in total. The molecule has 0 saturated carbocycles. The number of hydrogen-bond donors (Lipinski definition) is 2. The van der Waals surface area contributed by atoms with E-state index in [0.717, 1.165) is 18.7 Å². The Balaban J connectivity index is 2.51. The van der Waals surface area contributed by atoms with Gasteiger partial charge >= 0.3 is 0 Å². The normalized spacial score (nSPS) is 11.0. The second-order valence-electron chi connectivity index (χ2n) is 5.19. The first-order valence-corrected chi connectivity index (χ1v) is 7.59. The smallest absolute Gasteiger partial charge is 0.267 e. The molecule has 6 nitrogen and oxygen atoms in total.